The van der Waals surface area contributed by atoms with Crippen molar-refractivity contribution >= 4 is 17.5 Å². The summed E-state index contributed by atoms with van der Waals surface area (Å²) in [5.74, 6) is -0.0773. The third-order valence-electron chi connectivity index (χ3n) is 5.72. The van der Waals surface area contributed by atoms with E-state index in [-0.39, 0.29) is 11.8 Å². The molecule has 0 bridgehead atoms. The van der Waals surface area contributed by atoms with Crippen molar-refractivity contribution in [2.75, 3.05) is 11.9 Å². The highest BCUT2D eigenvalue weighted by Gasteiger charge is 2.58. The van der Waals surface area contributed by atoms with Crippen molar-refractivity contribution < 1.29 is 9.59 Å². The van der Waals surface area contributed by atoms with Gasteiger partial charge >= 0.3 is 0 Å². The first-order chi connectivity index (χ1) is 11.5. The number of carbonyl (C=O) groups excluding carboxylic acids is 2. The average molecular weight is 328 g/mol. The molecular formula is C20H28N2O2. The number of anilines is 1. The predicted molar refractivity (Wildman–Crippen MR) is 95.9 cm³/mol. The lowest BCUT2D eigenvalue weighted by atomic mass is 9.95. The number of amides is 2. The summed E-state index contributed by atoms with van der Waals surface area (Å²) in [5.41, 5.74) is 2.31. The van der Waals surface area contributed by atoms with Crippen LogP contribution in [0.4, 0.5) is 5.69 Å². The summed E-state index contributed by atoms with van der Waals surface area (Å²) in [4.78, 5) is 27.9. The lowest BCUT2D eigenvalue weighted by Gasteiger charge is -2.37. The summed E-state index contributed by atoms with van der Waals surface area (Å²) in [7, 11) is 0. The van der Waals surface area contributed by atoms with Crippen LogP contribution in [-0.4, -0.2) is 29.3 Å². The fourth-order valence-corrected chi connectivity index (χ4v) is 3.70. The monoisotopic (exact) mass is 328 g/mol. The molecule has 0 radical (unpaired) electrons. The lowest BCUT2D eigenvalue weighted by molar-refractivity contribution is -0.145. The topological polar surface area (TPSA) is 49.4 Å². The highest BCUT2D eigenvalue weighted by atomic mass is 16.2. The largest absolute Gasteiger partial charge is 0.339 e. The summed E-state index contributed by atoms with van der Waals surface area (Å²) in [6.07, 6.45) is 5.63. The van der Waals surface area contributed by atoms with E-state index in [2.05, 4.69) is 12.2 Å². The van der Waals surface area contributed by atoms with Crippen molar-refractivity contribution in [3.8, 4) is 0 Å². The molecule has 0 aromatic heterocycles. The molecule has 2 fully saturated rings. The first-order valence-corrected chi connectivity index (χ1v) is 9.18. The molecule has 0 spiro atoms. The summed E-state index contributed by atoms with van der Waals surface area (Å²) in [6, 6.07) is 6.20. The zero-order valence-electron chi connectivity index (χ0n) is 15.0. The Hall–Kier alpha value is -1.84. The van der Waals surface area contributed by atoms with Crippen LogP contribution in [0.1, 0.15) is 56.6 Å². The number of nitrogens with one attached hydrogen (secondary N) is 1. The van der Waals surface area contributed by atoms with E-state index >= 15 is 0 Å². The van der Waals surface area contributed by atoms with Gasteiger partial charge in [0.15, 0.2) is 0 Å². The molecule has 24 heavy (non-hydrogen) atoms. The molecule has 1 aliphatic carbocycles. The van der Waals surface area contributed by atoms with Crippen LogP contribution in [0.2, 0.25) is 0 Å². The van der Waals surface area contributed by atoms with E-state index < -0.39 is 5.41 Å². The number of benzene rings is 1. The lowest BCUT2D eigenvalue weighted by Crippen LogP contribution is -2.49. The van der Waals surface area contributed by atoms with Crippen LogP contribution in [0.25, 0.3) is 0 Å². The second kappa shape index (κ2) is 6.58. The van der Waals surface area contributed by atoms with Crippen molar-refractivity contribution in [2.24, 2.45) is 5.41 Å². The summed E-state index contributed by atoms with van der Waals surface area (Å²) in [5, 5.41) is 2.98. The van der Waals surface area contributed by atoms with Gasteiger partial charge in [-0.2, -0.15) is 0 Å². The van der Waals surface area contributed by atoms with E-state index in [0.29, 0.717) is 18.9 Å². The van der Waals surface area contributed by atoms with Crippen LogP contribution in [0.5, 0.6) is 0 Å². The van der Waals surface area contributed by atoms with Gasteiger partial charge in [-0.15, -0.1) is 0 Å². The minimum atomic E-state index is -0.816. The highest BCUT2D eigenvalue weighted by Crippen LogP contribution is 2.49. The van der Waals surface area contributed by atoms with Crippen molar-refractivity contribution in [3.63, 3.8) is 0 Å². The molecule has 4 nitrogen and oxygen atoms in total. The van der Waals surface area contributed by atoms with E-state index in [1.807, 2.05) is 36.9 Å². The van der Waals surface area contributed by atoms with Crippen molar-refractivity contribution in [1.82, 2.24) is 4.90 Å². The molecule has 4 heteroatoms. The van der Waals surface area contributed by atoms with Gasteiger partial charge in [0.25, 0.3) is 0 Å². The van der Waals surface area contributed by atoms with Crippen molar-refractivity contribution in [3.05, 3.63) is 29.3 Å². The standard InChI is InChI=1S/C20H28N2O2/c1-4-17-7-5-6-12-22(17)19(24)20(10-11-20)18(23)21-16-9-8-14(2)15(3)13-16/h8-9,13,17H,4-7,10-12H2,1-3H3,(H,21,23). The number of rotatable bonds is 4. The quantitative estimate of drug-likeness (QED) is 0.854. The van der Waals surface area contributed by atoms with Gasteiger partial charge in [-0.25, -0.2) is 0 Å². The first-order valence-electron chi connectivity index (χ1n) is 9.18. The third-order valence-corrected chi connectivity index (χ3v) is 5.72. The van der Waals surface area contributed by atoms with Gasteiger partial charge in [0.1, 0.15) is 5.41 Å². The van der Waals surface area contributed by atoms with Crippen LogP contribution >= 0.6 is 0 Å². The average Bonchev–Trinajstić information content (AvgIpc) is 3.39. The Kier molecular flexibility index (Phi) is 4.66. The highest BCUT2D eigenvalue weighted by molar-refractivity contribution is 6.13. The van der Waals surface area contributed by atoms with Gasteiger partial charge in [-0.05, 0) is 75.6 Å². The summed E-state index contributed by atoms with van der Waals surface area (Å²) >= 11 is 0. The first kappa shape index (κ1) is 17.0. The molecule has 1 saturated carbocycles. The Balaban J connectivity index is 1.73. The number of hydrogen-bond donors (Lipinski definition) is 1. The maximum Gasteiger partial charge on any atom is 0.240 e. The Morgan fingerprint density at radius 3 is 2.58 bits per heavy atom. The Bertz CT molecular complexity index is 649. The molecule has 2 amide bonds. The van der Waals surface area contributed by atoms with Gasteiger partial charge in [-0.3, -0.25) is 9.59 Å². The SMILES string of the molecule is CCC1CCCCN1C(=O)C1(C(=O)Nc2ccc(C)c(C)c2)CC1. The van der Waals surface area contributed by atoms with Crippen LogP contribution in [0.3, 0.4) is 0 Å². The molecule has 130 valence electrons. The van der Waals surface area contributed by atoms with Crippen LogP contribution in [-0.2, 0) is 9.59 Å². The number of likely N-dealkylation sites (tertiary alicyclic amines) is 1. The molecule has 2 aliphatic rings. The Morgan fingerprint density at radius 2 is 1.96 bits per heavy atom. The van der Waals surface area contributed by atoms with Crippen molar-refractivity contribution in [1.29, 1.82) is 0 Å². The van der Waals surface area contributed by atoms with E-state index in [4.69, 9.17) is 0 Å². The van der Waals surface area contributed by atoms with Crippen LogP contribution in [0, 0.1) is 19.3 Å². The fraction of sp³-hybridized carbons (Fsp3) is 0.600. The maximum absolute atomic E-state index is 13.1. The molecule has 1 aromatic rings. The Labute approximate surface area is 144 Å². The van der Waals surface area contributed by atoms with Gasteiger partial charge in [-0.1, -0.05) is 13.0 Å². The van der Waals surface area contributed by atoms with Crippen LogP contribution < -0.4 is 5.32 Å². The minimum Gasteiger partial charge on any atom is -0.339 e. The second-order valence-electron chi connectivity index (χ2n) is 7.39. The second-order valence-corrected chi connectivity index (χ2v) is 7.39. The molecule has 1 aliphatic heterocycles. The molecule has 1 saturated heterocycles. The Morgan fingerprint density at radius 1 is 1.21 bits per heavy atom. The predicted octanol–water partition coefficient (Wildman–Crippen LogP) is 3.81. The number of hydrogen-bond acceptors (Lipinski definition) is 2. The normalized spacial score (nSPS) is 22.1. The van der Waals surface area contributed by atoms with Gasteiger partial charge in [0.2, 0.25) is 11.8 Å². The zero-order valence-corrected chi connectivity index (χ0v) is 15.0. The minimum absolute atomic E-state index is 0.0513. The maximum atomic E-state index is 13.1. The number of aryl methyl sites for hydroxylation is 2. The van der Waals surface area contributed by atoms with E-state index in [0.717, 1.165) is 37.1 Å². The van der Waals surface area contributed by atoms with Gasteiger partial charge < -0.3 is 10.2 Å². The van der Waals surface area contributed by atoms with E-state index in [1.165, 1.54) is 12.0 Å². The van der Waals surface area contributed by atoms with Crippen LogP contribution in [0.15, 0.2) is 18.2 Å². The molecule has 1 unspecified atom stereocenters. The number of piperidine rings is 1. The van der Waals surface area contributed by atoms with Gasteiger partial charge in [0, 0.05) is 18.3 Å². The van der Waals surface area contributed by atoms with Gasteiger partial charge in [0.05, 0.1) is 0 Å². The third kappa shape index (κ3) is 3.06. The smallest absolute Gasteiger partial charge is 0.240 e. The molecule has 1 heterocycles. The molecule has 3 rings (SSSR count). The van der Waals surface area contributed by atoms with Crippen molar-refractivity contribution in [2.45, 2.75) is 65.3 Å². The van der Waals surface area contributed by atoms with E-state index in [9.17, 15) is 9.59 Å². The zero-order chi connectivity index (χ0) is 17.3. The number of nitrogens with zero attached hydrogens (tertiary/aromatic N) is 1. The molecule has 1 atom stereocenters. The molecule has 1 aromatic carbocycles. The summed E-state index contributed by atoms with van der Waals surface area (Å²) < 4.78 is 0. The van der Waals surface area contributed by atoms with E-state index in [1.54, 1.807) is 0 Å². The fourth-order valence-electron chi connectivity index (χ4n) is 3.70. The molecular weight excluding hydrogens is 300 g/mol. The number of carbonyl (C=O) groups is 2. The summed E-state index contributed by atoms with van der Waals surface area (Å²) in [6.45, 7) is 7.01. The molecule has 1 N–H and O–H groups in total.